The van der Waals surface area contributed by atoms with Gasteiger partial charge < -0.3 is 14.7 Å². The zero-order valence-electron chi connectivity index (χ0n) is 22.0. The van der Waals surface area contributed by atoms with Crippen LogP contribution in [0, 0.1) is 5.41 Å². The molecule has 1 N–H and O–H groups in total. The van der Waals surface area contributed by atoms with E-state index >= 15 is 0 Å². The Morgan fingerprint density at radius 2 is 1.89 bits per heavy atom. The summed E-state index contributed by atoms with van der Waals surface area (Å²) in [5.41, 5.74) is 0.956. The largest absolute Gasteiger partial charge is 0.481 e. The molecule has 38 heavy (non-hydrogen) atoms. The van der Waals surface area contributed by atoms with Crippen LogP contribution < -0.4 is 0 Å². The van der Waals surface area contributed by atoms with Gasteiger partial charge in [0, 0.05) is 41.1 Å². The molecule has 204 valence electrons. The predicted molar refractivity (Wildman–Crippen MR) is 149 cm³/mol. The molecule has 4 aliphatic heterocycles. The Morgan fingerprint density at radius 1 is 1.13 bits per heavy atom. The summed E-state index contributed by atoms with van der Waals surface area (Å²) < 4.78 is 5.94. The molecule has 0 saturated carbocycles. The number of carboxylic acid groups (broad SMARTS) is 1. The molecule has 1 amide bonds. The monoisotopic (exact) mass is 558 g/mol. The zero-order chi connectivity index (χ0) is 27.0. The summed E-state index contributed by atoms with van der Waals surface area (Å²) in [5, 5.41) is 11.1. The van der Waals surface area contributed by atoms with Crippen LogP contribution in [-0.2, 0) is 14.3 Å². The van der Waals surface area contributed by atoms with E-state index in [1.54, 1.807) is 0 Å². The Bertz CT molecular complexity index is 1170. The van der Waals surface area contributed by atoms with Crippen LogP contribution in [0.4, 0.5) is 0 Å². The number of benzene rings is 2. The van der Waals surface area contributed by atoms with Crippen molar-refractivity contribution in [2.24, 2.45) is 5.41 Å². The molecule has 6 nitrogen and oxygen atoms in total. The van der Waals surface area contributed by atoms with Gasteiger partial charge in [-0.15, -0.1) is 0 Å². The number of hydrogen-bond acceptors (Lipinski definition) is 4. The number of nitrogens with zero attached hydrogens (tertiary/aromatic N) is 2. The molecular formula is C30H36Cl2N2O4. The second kappa shape index (κ2) is 11.2. The fourth-order valence-corrected chi connectivity index (χ4v) is 7.15. The number of carbonyl (C=O) groups excluding carboxylic acids is 1. The minimum Gasteiger partial charge on any atom is -0.481 e. The molecule has 4 fully saturated rings. The number of hydrogen-bond donors (Lipinski definition) is 1. The molecule has 4 saturated heterocycles. The lowest BCUT2D eigenvalue weighted by molar-refractivity contribution is -0.163. The number of amides is 1. The van der Waals surface area contributed by atoms with Gasteiger partial charge in [-0.2, -0.15) is 0 Å². The summed E-state index contributed by atoms with van der Waals surface area (Å²) in [6.45, 7) is 6.28. The first-order chi connectivity index (χ1) is 18.2. The van der Waals surface area contributed by atoms with Crippen molar-refractivity contribution >= 4 is 35.1 Å². The summed E-state index contributed by atoms with van der Waals surface area (Å²) in [6.07, 6.45) is 3.40. The van der Waals surface area contributed by atoms with E-state index in [2.05, 4.69) is 11.8 Å². The number of piperidine rings is 2. The number of fused-ring (bicyclic) bond motifs is 3. The van der Waals surface area contributed by atoms with E-state index in [0.717, 1.165) is 50.1 Å². The average molecular weight is 560 g/mol. The normalized spacial score (nSPS) is 30.4. The number of ether oxygens (including phenoxy) is 1. The van der Waals surface area contributed by atoms with Gasteiger partial charge in [0.1, 0.15) is 0 Å². The number of aliphatic carboxylic acids is 1. The van der Waals surface area contributed by atoms with Gasteiger partial charge in [-0.05, 0) is 61.1 Å². The summed E-state index contributed by atoms with van der Waals surface area (Å²) >= 11 is 12.7. The van der Waals surface area contributed by atoms with Crippen LogP contribution in [0.15, 0.2) is 48.5 Å². The molecule has 4 aliphatic rings. The number of likely N-dealkylation sites (tertiary alicyclic amines) is 1. The van der Waals surface area contributed by atoms with Gasteiger partial charge in [-0.25, -0.2) is 0 Å². The van der Waals surface area contributed by atoms with Gasteiger partial charge in [0.05, 0.1) is 30.6 Å². The highest BCUT2D eigenvalue weighted by molar-refractivity contribution is 6.30. The molecule has 2 aromatic rings. The molecule has 0 aromatic heterocycles. The Kier molecular flexibility index (Phi) is 8.07. The summed E-state index contributed by atoms with van der Waals surface area (Å²) in [5.74, 6) is -1.19. The highest BCUT2D eigenvalue weighted by Crippen LogP contribution is 2.52. The van der Waals surface area contributed by atoms with Crippen LogP contribution in [0.25, 0.3) is 0 Å². The number of halogens is 2. The smallest absolute Gasteiger partial charge is 0.304 e. The average Bonchev–Trinajstić information content (AvgIpc) is 2.90. The molecule has 4 heterocycles. The first kappa shape index (κ1) is 27.4. The molecule has 8 heteroatoms. The minimum atomic E-state index is -1.04. The second-order valence-corrected chi connectivity index (χ2v) is 12.3. The molecule has 6 rings (SSSR count). The van der Waals surface area contributed by atoms with Crippen LogP contribution in [0.3, 0.4) is 0 Å². The van der Waals surface area contributed by atoms with Gasteiger partial charge in [0.2, 0.25) is 5.91 Å². The van der Waals surface area contributed by atoms with E-state index in [-0.39, 0.29) is 36.4 Å². The van der Waals surface area contributed by atoms with Gasteiger partial charge in [0.15, 0.2) is 0 Å². The topological polar surface area (TPSA) is 70.1 Å². The first-order valence-corrected chi connectivity index (χ1v) is 14.3. The molecule has 0 radical (unpaired) electrons. The fourth-order valence-electron chi connectivity index (χ4n) is 6.82. The summed E-state index contributed by atoms with van der Waals surface area (Å²) in [7, 11) is 0. The van der Waals surface area contributed by atoms with Crippen LogP contribution in [0.1, 0.15) is 69.0 Å². The third-order valence-corrected chi connectivity index (χ3v) is 9.23. The minimum absolute atomic E-state index is 0.0855. The van der Waals surface area contributed by atoms with Crippen molar-refractivity contribution in [3.63, 3.8) is 0 Å². The number of morpholine rings is 1. The number of carboxylic acids is 1. The third kappa shape index (κ3) is 5.46. The van der Waals surface area contributed by atoms with Crippen molar-refractivity contribution in [3.8, 4) is 0 Å². The van der Waals surface area contributed by atoms with E-state index in [1.165, 1.54) is 0 Å². The lowest BCUT2D eigenvalue weighted by Gasteiger charge is -2.54. The van der Waals surface area contributed by atoms with E-state index in [9.17, 15) is 14.7 Å². The number of rotatable bonds is 8. The lowest BCUT2D eigenvalue weighted by Crippen LogP contribution is -2.61. The van der Waals surface area contributed by atoms with Crippen molar-refractivity contribution in [3.05, 3.63) is 69.7 Å². The quantitative estimate of drug-likeness (QED) is 0.419. The zero-order valence-corrected chi connectivity index (χ0v) is 23.5. The Labute approximate surface area is 234 Å². The molecule has 6 atom stereocenters. The van der Waals surface area contributed by atoms with Crippen LogP contribution >= 0.6 is 23.2 Å². The highest BCUT2D eigenvalue weighted by atomic mass is 35.5. The van der Waals surface area contributed by atoms with Gasteiger partial charge >= 0.3 is 5.97 Å². The maximum atomic E-state index is 14.4. The Balaban J connectivity index is 1.60. The van der Waals surface area contributed by atoms with Crippen molar-refractivity contribution < 1.29 is 19.4 Å². The Hall–Kier alpha value is -2.12. The maximum absolute atomic E-state index is 14.4. The van der Waals surface area contributed by atoms with Crippen molar-refractivity contribution in [2.45, 2.75) is 76.1 Å². The molecule has 2 aromatic carbocycles. The van der Waals surface area contributed by atoms with Gasteiger partial charge in [0.25, 0.3) is 0 Å². The predicted octanol–water partition coefficient (Wildman–Crippen LogP) is 6.17. The van der Waals surface area contributed by atoms with Crippen molar-refractivity contribution in [2.75, 3.05) is 19.7 Å². The van der Waals surface area contributed by atoms with Gasteiger partial charge in [-0.1, -0.05) is 61.3 Å². The number of carbonyl (C=O) groups is 2. The van der Waals surface area contributed by atoms with E-state index in [0.29, 0.717) is 22.5 Å². The first-order valence-electron chi connectivity index (χ1n) is 13.6. The van der Waals surface area contributed by atoms with Crippen molar-refractivity contribution in [1.29, 1.82) is 0 Å². The standard InChI is InChI=1S/C30H36Cl2N2O4/c1-3-23(16-33-17-25-12-11-24(33)18-38-25)34-28(19-7-9-21(31)10-8-19)26(20-5-4-6-22(32)13-20)14-30(2,29(34)37)15-27(35)36/h4-10,13,23-26,28H,3,11-12,14-18H2,1-2H3,(H,35,36)/t23-,24+,25?,26+,28+,30+/m0/s1. The van der Waals surface area contributed by atoms with Crippen LogP contribution in [0.5, 0.6) is 0 Å². The molecule has 0 spiro atoms. The molecular weight excluding hydrogens is 523 g/mol. The third-order valence-electron chi connectivity index (χ3n) is 8.74. The van der Waals surface area contributed by atoms with Gasteiger partial charge in [-0.3, -0.25) is 14.5 Å². The Morgan fingerprint density at radius 3 is 2.47 bits per heavy atom. The summed E-state index contributed by atoms with van der Waals surface area (Å²) in [6, 6.07) is 15.5. The lowest BCUT2D eigenvalue weighted by atomic mass is 9.67. The highest BCUT2D eigenvalue weighted by Gasteiger charge is 2.52. The molecule has 2 bridgehead atoms. The van der Waals surface area contributed by atoms with Crippen LogP contribution in [0.2, 0.25) is 10.0 Å². The van der Waals surface area contributed by atoms with Crippen molar-refractivity contribution in [1.82, 2.24) is 9.80 Å². The summed E-state index contributed by atoms with van der Waals surface area (Å²) in [4.78, 5) is 31.0. The fraction of sp³-hybridized carbons (Fsp3) is 0.533. The molecule has 0 aliphatic carbocycles. The molecule has 1 unspecified atom stereocenters. The van der Waals surface area contributed by atoms with E-state index in [1.807, 2.05) is 60.4 Å². The van der Waals surface area contributed by atoms with Crippen LogP contribution in [-0.4, -0.2) is 64.7 Å². The maximum Gasteiger partial charge on any atom is 0.304 e. The second-order valence-electron chi connectivity index (χ2n) is 11.4. The van der Waals surface area contributed by atoms with E-state index < -0.39 is 11.4 Å². The SMILES string of the molecule is CC[C@@H](CN1CC2CC[C@@H]1CO2)N1C(=O)[C@@](C)(CC(=O)O)C[C@H](c2cccc(Cl)c2)[C@H]1c1ccc(Cl)cc1. The van der Waals surface area contributed by atoms with E-state index in [4.69, 9.17) is 27.9 Å².